The van der Waals surface area contributed by atoms with Crippen LogP contribution in [0.25, 0.3) is 0 Å². The van der Waals surface area contributed by atoms with Crippen LogP contribution < -0.4 is 16.0 Å². The molecule has 0 saturated carbocycles. The van der Waals surface area contributed by atoms with Crippen molar-refractivity contribution in [3.63, 3.8) is 0 Å². The molecule has 0 aromatic carbocycles. The third kappa shape index (κ3) is 11.1. The number of alkyl carbamates (subject to hydrolysis) is 1. The maximum Gasteiger partial charge on any atom is 0.407 e. The van der Waals surface area contributed by atoms with E-state index >= 15 is 0 Å². The standard InChI is InChI=1S/C12H23N3O5/c1-12(2,3)20-11(18)15-8-7-14-10(17)13-6-5-9(16)19-4/h5-8H2,1-4H3,(H,15,18)(H2,13,14,17). The Labute approximate surface area is 118 Å². The van der Waals surface area contributed by atoms with E-state index in [1.165, 1.54) is 7.11 Å². The Morgan fingerprint density at radius 2 is 1.50 bits per heavy atom. The van der Waals surface area contributed by atoms with E-state index in [9.17, 15) is 14.4 Å². The van der Waals surface area contributed by atoms with Crippen molar-refractivity contribution < 1.29 is 23.9 Å². The molecule has 0 aliphatic heterocycles. The molecule has 0 unspecified atom stereocenters. The summed E-state index contributed by atoms with van der Waals surface area (Å²) < 4.78 is 9.44. The number of carbonyl (C=O) groups is 3. The number of amides is 3. The zero-order valence-corrected chi connectivity index (χ0v) is 12.4. The molecule has 0 fully saturated rings. The highest BCUT2D eigenvalue weighted by Crippen LogP contribution is 2.05. The Bertz CT molecular complexity index is 338. The minimum Gasteiger partial charge on any atom is -0.469 e. The molecule has 0 heterocycles. The summed E-state index contributed by atoms with van der Waals surface area (Å²) in [6, 6.07) is -0.417. The Morgan fingerprint density at radius 1 is 0.950 bits per heavy atom. The molecule has 0 bridgehead atoms. The molecular weight excluding hydrogens is 266 g/mol. The molecule has 0 aromatic heterocycles. The second kappa shape index (κ2) is 9.00. The monoisotopic (exact) mass is 289 g/mol. The van der Waals surface area contributed by atoms with Gasteiger partial charge in [-0.25, -0.2) is 9.59 Å². The average molecular weight is 289 g/mol. The van der Waals surface area contributed by atoms with Gasteiger partial charge in [0.05, 0.1) is 13.5 Å². The fourth-order valence-corrected chi connectivity index (χ4v) is 1.10. The molecule has 116 valence electrons. The summed E-state index contributed by atoms with van der Waals surface area (Å²) in [4.78, 5) is 33.3. The van der Waals surface area contributed by atoms with Crippen LogP contribution in [0.5, 0.6) is 0 Å². The van der Waals surface area contributed by atoms with Gasteiger partial charge in [0.25, 0.3) is 0 Å². The lowest BCUT2D eigenvalue weighted by Crippen LogP contribution is -2.42. The fraction of sp³-hybridized carbons (Fsp3) is 0.750. The van der Waals surface area contributed by atoms with Crippen LogP contribution in [0.4, 0.5) is 9.59 Å². The van der Waals surface area contributed by atoms with Crippen LogP contribution >= 0.6 is 0 Å². The minimum atomic E-state index is -0.553. The highest BCUT2D eigenvalue weighted by Gasteiger charge is 2.15. The molecule has 0 aliphatic rings. The number of hydrogen-bond acceptors (Lipinski definition) is 5. The van der Waals surface area contributed by atoms with Gasteiger partial charge in [-0.3, -0.25) is 4.79 Å². The predicted octanol–water partition coefficient (Wildman–Crippen LogP) is 0.373. The normalized spacial score (nSPS) is 10.4. The molecule has 3 N–H and O–H groups in total. The molecule has 0 aromatic rings. The van der Waals surface area contributed by atoms with Crippen molar-refractivity contribution in [1.82, 2.24) is 16.0 Å². The summed E-state index contributed by atoms with van der Waals surface area (Å²) >= 11 is 0. The number of ether oxygens (including phenoxy) is 2. The Hall–Kier alpha value is -1.99. The fourth-order valence-electron chi connectivity index (χ4n) is 1.10. The van der Waals surface area contributed by atoms with E-state index in [0.717, 1.165) is 0 Å². The van der Waals surface area contributed by atoms with Gasteiger partial charge in [0.2, 0.25) is 0 Å². The van der Waals surface area contributed by atoms with Crippen molar-refractivity contribution in [2.45, 2.75) is 32.8 Å². The molecule has 0 saturated heterocycles. The van der Waals surface area contributed by atoms with Gasteiger partial charge in [0.1, 0.15) is 5.60 Å². The van der Waals surface area contributed by atoms with Gasteiger partial charge in [0.15, 0.2) is 0 Å². The Kier molecular flexibility index (Phi) is 8.10. The number of rotatable bonds is 6. The lowest BCUT2D eigenvalue weighted by molar-refractivity contribution is -0.140. The molecule has 20 heavy (non-hydrogen) atoms. The van der Waals surface area contributed by atoms with Gasteiger partial charge in [-0.1, -0.05) is 0 Å². The third-order valence-electron chi connectivity index (χ3n) is 1.92. The van der Waals surface area contributed by atoms with E-state index in [0.29, 0.717) is 0 Å². The first-order valence-electron chi connectivity index (χ1n) is 6.30. The number of carbonyl (C=O) groups excluding carboxylic acids is 3. The van der Waals surface area contributed by atoms with E-state index < -0.39 is 23.7 Å². The van der Waals surface area contributed by atoms with Gasteiger partial charge in [-0.05, 0) is 20.8 Å². The summed E-state index contributed by atoms with van der Waals surface area (Å²) in [5.74, 6) is -0.392. The first-order chi connectivity index (χ1) is 9.24. The second-order valence-electron chi connectivity index (χ2n) is 4.94. The van der Waals surface area contributed by atoms with Crippen molar-refractivity contribution in [3.8, 4) is 0 Å². The number of urea groups is 1. The molecule has 0 spiro atoms. The van der Waals surface area contributed by atoms with Crippen LogP contribution in [0.1, 0.15) is 27.2 Å². The summed E-state index contributed by atoms with van der Waals surface area (Å²) in [6.45, 7) is 5.99. The van der Waals surface area contributed by atoms with E-state index in [-0.39, 0.29) is 26.1 Å². The zero-order valence-electron chi connectivity index (χ0n) is 12.4. The predicted molar refractivity (Wildman–Crippen MR) is 72.3 cm³/mol. The van der Waals surface area contributed by atoms with Gasteiger partial charge < -0.3 is 25.4 Å². The lowest BCUT2D eigenvalue weighted by Gasteiger charge is -2.19. The molecule has 8 heteroatoms. The quantitative estimate of drug-likeness (QED) is 0.484. The van der Waals surface area contributed by atoms with Crippen molar-refractivity contribution in [1.29, 1.82) is 0 Å². The first-order valence-corrected chi connectivity index (χ1v) is 6.30. The van der Waals surface area contributed by atoms with Crippen LogP contribution in [-0.4, -0.2) is 50.4 Å². The van der Waals surface area contributed by atoms with E-state index in [1.54, 1.807) is 20.8 Å². The van der Waals surface area contributed by atoms with Crippen molar-refractivity contribution in [2.24, 2.45) is 0 Å². The summed E-state index contributed by atoms with van der Waals surface area (Å²) in [7, 11) is 1.28. The van der Waals surface area contributed by atoms with E-state index in [4.69, 9.17) is 4.74 Å². The highest BCUT2D eigenvalue weighted by molar-refractivity contribution is 5.75. The van der Waals surface area contributed by atoms with Crippen LogP contribution in [-0.2, 0) is 14.3 Å². The highest BCUT2D eigenvalue weighted by atomic mass is 16.6. The van der Waals surface area contributed by atoms with Crippen LogP contribution in [0.3, 0.4) is 0 Å². The maximum absolute atomic E-state index is 11.3. The smallest absolute Gasteiger partial charge is 0.407 e. The number of esters is 1. The van der Waals surface area contributed by atoms with E-state index in [1.807, 2.05) is 0 Å². The summed E-state index contributed by atoms with van der Waals surface area (Å²) in [5.41, 5.74) is -0.553. The molecule has 0 rings (SSSR count). The first kappa shape index (κ1) is 18.0. The molecule has 0 radical (unpaired) electrons. The maximum atomic E-state index is 11.3. The van der Waals surface area contributed by atoms with Gasteiger partial charge in [0, 0.05) is 19.6 Å². The third-order valence-corrected chi connectivity index (χ3v) is 1.92. The van der Waals surface area contributed by atoms with Crippen molar-refractivity contribution in [2.75, 3.05) is 26.7 Å². The van der Waals surface area contributed by atoms with Crippen LogP contribution in [0.15, 0.2) is 0 Å². The lowest BCUT2D eigenvalue weighted by atomic mass is 10.2. The number of methoxy groups -OCH3 is 1. The molecule has 3 amide bonds. The molecule has 8 nitrogen and oxygen atoms in total. The van der Waals surface area contributed by atoms with Crippen molar-refractivity contribution >= 4 is 18.1 Å². The van der Waals surface area contributed by atoms with Gasteiger partial charge >= 0.3 is 18.1 Å². The zero-order chi connectivity index (χ0) is 15.6. The van der Waals surface area contributed by atoms with Crippen LogP contribution in [0.2, 0.25) is 0 Å². The topological polar surface area (TPSA) is 106 Å². The van der Waals surface area contributed by atoms with Gasteiger partial charge in [-0.15, -0.1) is 0 Å². The SMILES string of the molecule is COC(=O)CCNC(=O)NCCNC(=O)OC(C)(C)C. The second-order valence-corrected chi connectivity index (χ2v) is 4.94. The largest absolute Gasteiger partial charge is 0.469 e. The number of hydrogen-bond donors (Lipinski definition) is 3. The number of nitrogens with one attached hydrogen (secondary N) is 3. The molecule has 0 aliphatic carbocycles. The summed E-state index contributed by atoms with van der Waals surface area (Å²) in [5, 5.41) is 7.50. The van der Waals surface area contributed by atoms with Crippen molar-refractivity contribution in [3.05, 3.63) is 0 Å². The summed E-state index contributed by atoms with van der Waals surface area (Å²) in [6.07, 6.45) is -0.425. The Balaban J connectivity index is 3.57. The van der Waals surface area contributed by atoms with Gasteiger partial charge in [-0.2, -0.15) is 0 Å². The molecular formula is C12H23N3O5. The Morgan fingerprint density at radius 3 is 2.05 bits per heavy atom. The molecule has 0 atom stereocenters. The minimum absolute atomic E-state index is 0.111. The van der Waals surface area contributed by atoms with Crippen LogP contribution in [0, 0.1) is 0 Å². The average Bonchev–Trinajstić information content (AvgIpc) is 2.32. The van der Waals surface area contributed by atoms with E-state index in [2.05, 4.69) is 20.7 Å².